The number of fused-ring (bicyclic) bond motifs is 5. The van der Waals surface area contributed by atoms with Crippen LogP contribution in [0.3, 0.4) is 0 Å². The highest BCUT2D eigenvalue weighted by Gasteiger charge is 2.60. The summed E-state index contributed by atoms with van der Waals surface area (Å²) in [5.74, 6) is 4.28. The summed E-state index contributed by atoms with van der Waals surface area (Å²) in [6.45, 7) is 7.23. The topological polar surface area (TPSA) is 32.3 Å². The highest BCUT2D eigenvalue weighted by molar-refractivity contribution is 5.10. The van der Waals surface area contributed by atoms with E-state index in [0.717, 1.165) is 29.7 Å². The molecule has 2 N–H and O–H groups in total. The molecule has 9 atom stereocenters. The average Bonchev–Trinajstić information content (AvgIpc) is 2.91. The standard InChI is InChI=1S/C22H39NO/c1-14(24)18-7-8-19-17-6-5-15-13-16(23-4)9-11-21(15,2)20(17)10-12-22(18,19)3/h14-20,23-24H,5-13H2,1-4H3/t14?,15-,16+,17-,18+,19-,20-,21-,22+/m0/s1. The largest absolute Gasteiger partial charge is 0.393 e. The van der Waals surface area contributed by atoms with E-state index in [0.29, 0.717) is 16.7 Å². The van der Waals surface area contributed by atoms with Crippen molar-refractivity contribution >= 4 is 0 Å². The van der Waals surface area contributed by atoms with Crippen LogP contribution in [0.4, 0.5) is 0 Å². The van der Waals surface area contributed by atoms with Crippen LogP contribution >= 0.6 is 0 Å². The van der Waals surface area contributed by atoms with Crippen LogP contribution in [-0.2, 0) is 0 Å². The first-order valence-corrected chi connectivity index (χ1v) is 10.8. The molecule has 0 amide bonds. The van der Waals surface area contributed by atoms with Crippen molar-refractivity contribution in [3.8, 4) is 0 Å². The van der Waals surface area contributed by atoms with Crippen molar-refractivity contribution in [3.05, 3.63) is 0 Å². The molecular formula is C22H39NO. The average molecular weight is 334 g/mol. The maximum absolute atomic E-state index is 10.3. The van der Waals surface area contributed by atoms with Gasteiger partial charge in [-0.15, -0.1) is 0 Å². The molecule has 0 radical (unpaired) electrons. The first-order valence-electron chi connectivity index (χ1n) is 10.8. The summed E-state index contributed by atoms with van der Waals surface area (Å²) < 4.78 is 0. The lowest BCUT2D eigenvalue weighted by Crippen LogP contribution is -2.55. The minimum atomic E-state index is -0.116. The molecule has 4 aliphatic carbocycles. The molecule has 0 spiro atoms. The third-order valence-corrected chi connectivity index (χ3v) is 9.73. The Bertz CT molecular complexity index is 477. The third kappa shape index (κ3) is 2.35. The Morgan fingerprint density at radius 3 is 2.33 bits per heavy atom. The Hall–Kier alpha value is -0.0800. The molecule has 24 heavy (non-hydrogen) atoms. The fraction of sp³-hybridized carbons (Fsp3) is 1.00. The molecule has 0 saturated heterocycles. The van der Waals surface area contributed by atoms with Gasteiger partial charge in [0.05, 0.1) is 6.10 Å². The van der Waals surface area contributed by atoms with Crippen molar-refractivity contribution < 1.29 is 5.11 Å². The van der Waals surface area contributed by atoms with Crippen molar-refractivity contribution in [2.24, 2.45) is 40.4 Å². The van der Waals surface area contributed by atoms with Crippen LogP contribution in [0.25, 0.3) is 0 Å². The fourth-order valence-corrected chi connectivity index (χ4v) is 8.35. The molecule has 0 aromatic rings. The monoisotopic (exact) mass is 333 g/mol. The van der Waals surface area contributed by atoms with Gasteiger partial charge >= 0.3 is 0 Å². The van der Waals surface area contributed by atoms with E-state index >= 15 is 0 Å². The van der Waals surface area contributed by atoms with Gasteiger partial charge in [-0.05, 0) is 112 Å². The van der Waals surface area contributed by atoms with E-state index in [9.17, 15) is 5.11 Å². The van der Waals surface area contributed by atoms with E-state index in [-0.39, 0.29) is 6.10 Å². The number of hydrogen-bond donors (Lipinski definition) is 2. The van der Waals surface area contributed by atoms with E-state index in [1.54, 1.807) is 0 Å². The van der Waals surface area contributed by atoms with Crippen molar-refractivity contribution in [3.63, 3.8) is 0 Å². The Morgan fingerprint density at radius 2 is 1.62 bits per heavy atom. The van der Waals surface area contributed by atoms with Crippen LogP contribution in [0.5, 0.6) is 0 Å². The van der Waals surface area contributed by atoms with Gasteiger partial charge in [-0.1, -0.05) is 13.8 Å². The zero-order valence-electron chi connectivity index (χ0n) is 16.4. The van der Waals surface area contributed by atoms with Crippen molar-refractivity contribution in [1.29, 1.82) is 0 Å². The Balaban J connectivity index is 1.58. The van der Waals surface area contributed by atoms with Gasteiger partial charge in [0, 0.05) is 6.04 Å². The zero-order valence-corrected chi connectivity index (χ0v) is 16.4. The molecule has 0 aliphatic heterocycles. The maximum Gasteiger partial charge on any atom is 0.0545 e. The van der Waals surface area contributed by atoms with E-state index in [4.69, 9.17) is 0 Å². The Morgan fingerprint density at radius 1 is 0.917 bits per heavy atom. The predicted octanol–water partition coefficient (Wildman–Crippen LogP) is 4.61. The maximum atomic E-state index is 10.3. The van der Waals surface area contributed by atoms with Crippen molar-refractivity contribution in [1.82, 2.24) is 5.32 Å². The van der Waals surface area contributed by atoms with Gasteiger partial charge in [0.25, 0.3) is 0 Å². The summed E-state index contributed by atoms with van der Waals surface area (Å²) in [6.07, 6.45) is 12.5. The number of nitrogens with one attached hydrogen (secondary N) is 1. The summed E-state index contributed by atoms with van der Waals surface area (Å²) in [5.41, 5.74) is 1.02. The Kier molecular flexibility index (Phi) is 4.32. The third-order valence-electron chi connectivity index (χ3n) is 9.73. The highest BCUT2D eigenvalue weighted by Crippen LogP contribution is 2.67. The van der Waals surface area contributed by atoms with Gasteiger partial charge < -0.3 is 10.4 Å². The first-order chi connectivity index (χ1) is 11.4. The van der Waals surface area contributed by atoms with Gasteiger partial charge in [0.15, 0.2) is 0 Å². The summed E-state index contributed by atoms with van der Waals surface area (Å²) in [6, 6.07) is 0.764. The van der Waals surface area contributed by atoms with Crippen LogP contribution in [0.15, 0.2) is 0 Å². The molecular weight excluding hydrogens is 294 g/mol. The van der Waals surface area contributed by atoms with Crippen molar-refractivity contribution in [2.75, 3.05) is 7.05 Å². The van der Waals surface area contributed by atoms with Gasteiger partial charge in [-0.2, -0.15) is 0 Å². The molecule has 0 aromatic heterocycles. The molecule has 4 fully saturated rings. The second kappa shape index (κ2) is 5.98. The van der Waals surface area contributed by atoms with E-state index in [1.165, 1.54) is 57.8 Å². The van der Waals surface area contributed by atoms with Crippen LogP contribution in [-0.4, -0.2) is 24.3 Å². The number of aliphatic hydroxyl groups excluding tert-OH is 1. The minimum Gasteiger partial charge on any atom is -0.393 e. The summed E-state index contributed by atoms with van der Waals surface area (Å²) in [7, 11) is 2.15. The van der Waals surface area contributed by atoms with E-state index in [1.807, 2.05) is 6.92 Å². The second-order valence-electron chi connectivity index (χ2n) is 10.4. The first kappa shape index (κ1) is 17.3. The molecule has 2 nitrogen and oxygen atoms in total. The molecule has 1 unspecified atom stereocenters. The second-order valence-corrected chi connectivity index (χ2v) is 10.4. The Labute approximate surface area is 149 Å². The molecule has 4 aliphatic rings. The van der Waals surface area contributed by atoms with Crippen LogP contribution in [0.1, 0.15) is 78.6 Å². The normalized spacial score (nSPS) is 55.4. The fourth-order valence-electron chi connectivity index (χ4n) is 8.35. The molecule has 0 heterocycles. The molecule has 0 bridgehead atoms. The molecule has 0 aromatic carbocycles. The summed E-state index contributed by atoms with van der Waals surface area (Å²) in [5, 5.41) is 13.9. The lowest BCUT2D eigenvalue weighted by atomic mass is 9.44. The zero-order chi connectivity index (χ0) is 17.1. The minimum absolute atomic E-state index is 0.116. The number of hydrogen-bond acceptors (Lipinski definition) is 2. The highest BCUT2D eigenvalue weighted by atomic mass is 16.3. The quantitative estimate of drug-likeness (QED) is 0.773. The van der Waals surface area contributed by atoms with Crippen LogP contribution < -0.4 is 5.32 Å². The van der Waals surface area contributed by atoms with Crippen LogP contribution in [0, 0.1) is 40.4 Å². The summed E-state index contributed by atoms with van der Waals surface area (Å²) in [4.78, 5) is 0. The molecule has 138 valence electrons. The van der Waals surface area contributed by atoms with Gasteiger partial charge in [-0.3, -0.25) is 0 Å². The molecule has 4 rings (SSSR count). The molecule has 2 heteroatoms. The van der Waals surface area contributed by atoms with E-state index < -0.39 is 0 Å². The van der Waals surface area contributed by atoms with Crippen molar-refractivity contribution in [2.45, 2.75) is 90.7 Å². The lowest BCUT2D eigenvalue weighted by molar-refractivity contribution is -0.121. The van der Waals surface area contributed by atoms with Crippen LogP contribution in [0.2, 0.25) is 0 Å². The summed E-state index contributed by atoms with van der Waals surface area (Å²) >= 11 is 0. The van der Waals surface area contributed by atoms with Gasteiger partial charge in [-0.25, -0.2) is 0 Å². The molecule has 4 saturated carbocycles. The van der Waals surface area contributed by atoms with E-state index in [2.05, 4.69) is 26.2 Å². The number of rotatable bonds is 2. The predicted molar refractivity (Wildman–Crippen MR) is 99.7 cm³/mol. The van der Waals surface area contributed by atoms with Gasteiger partial charge in [0.1, 0.15) is 0 Å². The lowest BCUT2D eigenvalue weighted by Gasteiger charge is -2.61. The smallest absolute Gasteiger partial charge is 0.0545 e. The van der Waals surface area contributed by atoms with Gasteiger partial charge in [0.2, 0.25) is 0 Å². The number of aliphatic hydroxyl groups is 1. The SMILES string of the molecule is CN[C@@H]1CC[C@@]2(C)[C@@H](CC[C@@H]3[C@@H]2CC[C@]2(C)[C@@H](C(C)O)CC[C@@H]32)C1.